The molecule has 0 unspecified atom stereocenters. The third-order valence-corrected chi connectivity index (χ3v) is 9.41. The zero-order valence-electron chi connectivity index (χ0n) is 29.5. The van der Waals surface area contributed by atoms with E-state index in [1.807, 2.05) is 48.5 Å². The van der Waals surface area contributed by atoms with Crippen molar-refractivity contribution in [1.29, 1.82) is 0 Å². The molecule has 0 saturated carbocycles. The number of aliphatic hydroxyl groups excluding tert-OH is 1. The molecular formula is C42H51N3O5. The lowest BCUT2D eigenvalue weighted by molar-refractivity contribution is -0.253. The molecule has 5 rings (SSSR count). The van der Waals surface area contributed by atoms with Crippen LogP contribution < -0.4 is 10.6 Å². The summed E-state index contributed by atoms with van der Waals surface area (Å²) in [5, 5.41) is 15.4. The van der Waals surface area contributed by atoms with Gasteiger partial charge in [0.15, 0.2) is 6.29 Å². The van der Waals surface area contributed by atoms with Gasteiger partial charge in [-0.15, -0.1) is 0 Å². The number of unbranched alkanes of at least 4 members (excludes halogenated alkanes) is 2. The highest BCUT2D eigenvalue weighted by molar-refractivity contribution is 5.76. The minimum absolute atomic E-state index is 0.00478. The average molecular weight is 678 g/mol. The maximum absolute atomic E-state index is 12.5. The summed E-state index contributed by atoms with van der Waals surface area (Å²) < 4.78 is 13.4. The molecule has 8 heteroatoms. The second-order valence-corrected chi connectivity index (χ2v) is 13.3. The van der Waals surface area contributed by atoms with Gasteiger partial charge in [-0.25, -0.2) is 0 Å². The molecule has 0 bridgehead atoms. The smallest absolute Gasteiger partial charge is 0.220 e. The van der Waals surface area contributed by atoms with Gasteiger partial charge in [-0.3, -0.25) is 14.5 Å². The van der Waals surface area contributed by atoms with E-state index in [1.54, 1.807) is 0 Å². The Labute approximate surface area is 296 Å². The fourth-order valence-corrected chi connectivity index (χ4v) is 6.36. The van der Waals surface area contributed by atoms with Crippen molar-refractivity contribution in [3.63, 3.8) is 0 Å². The highest BCUT2D eigenvalue weighted by Gasteiger charge is 2.33. The van der Waals surface area contributed by atoms with Crippen LogP contribution in [0.4, 0.5) is 0 Å². The number of rotatable bonds is 16. The summed E-state index contributed by atoms with van der Waals surface area (Å²) in [5.74, 6) is 0.00603. The lowest BCUT2D eigenvalue weighted by atomic mass is 9.98. The molecule has 4 aromatic carbocycles. The number of nitrogens with zero attached hydrogens (tertiary/aromatic N) is 1. The predicted octanol–water partition coefficient (Wildman–Crippen LogP) is 7.40. The number of ether oxygens (including phenoxy) is 2. The summed E-state index contributed by atoms with van der Waals surface area (Å²) in [5.41, 5.74) is 7.27. The minimum atomic E-state index is -0.558. The number of hydrogen-bond donors (Lipinski definition) is 3. The number of amides is 2. The van der Waals surface area contributed by atoms with Gasteiger partial charge in [-0.1, -0.05) is 97.4 Å². The first-order valence-corrected chi connectivity index (χ1v) is 17.7. The molecule has 8 nitrogen and oxygen atoms in total. The van der Waals surface area contributed by atoms with Crippen LogP contribution in [0, 0.1) is 0 Å². The zero-order chi connectivity index (χ0) is 35.3. The molecule has 0 aliphatic carbocycles. The van der Waals surface area contributed by atoms with E-state index in [2.05, 4.69) is 84.1 Å². The Morgan fingerprint density at radius 3 is 2.30 bits per heavy atom. The molecular weight excluding hydrogens is 626 g/mol. The van der Waals surface area contributed by atoms with Crippen LogP contribution in [0.3, 0.4) is 0 Å². The van der Waals surface area contributed by atoms with Gasteiger partial charge >= 0.3 is 0 Å². The number of carbonyl (C=O) groups is 2. The lowest BCUT2D eigenvalue weighted by Gasteiger charge is -2.39. The number of nitrogens with one attached hydrogen (secondary N) is 2. The summed E-state index contributed by atoms with van der Waals surface area (Å²) in [4.78, 5) is 25.8. The van der Waals surface area contributed by atoms with E-state index < -0.39 is 6.29 Å². The van der Waals surface area contributed by atoms with E-state index in [0.717, 1.165) is 59.2 Å². The second-order valence-electron chi connectivity index (χ2n) is 13.3. The third-order valence-electron chi connectivity index (χ3n) is 9.41. The summed E-state index contributed by atoms with van der Waals surface area (Å²) in [6.45, 7) is 5.59. The Hall–Kier alpha value is -4.34. The van der Waals surface area contributed by atoms with Gasteiger partial charge in [0, 0.05) is 51.0 Å². The van der Waals surface area contributed by atoms with Gasteiger partial charge in [0.25, 0.3) is 0 Å². The molecule has 264 valence electrons. The lowest BCUT2D eigenvalue weighted by Crippen LogP contribution is -2.38. The van der Waals surface area contributed by atoms with E-state index in [0.29, 0.717) is 25.9 Å². The first-order chi connectivity index (χ1) is 24.3. The molecule has 4 atom stereocenters. The first-order valence-electron chi connectivity index (χ1n) is 17.7. The van der Waals surface area contributed by atoms with Gasteiger partial charge in [0.1, 0.15) is 0 Å². The Bertz CT molecular complexity index is 1660. The standard InChI is InChI=1S/C42H51N3O5/c1-30(34-13-6-4-7-14-34)45(3)28-39-26-40(35-21-19-32(29-46)20-22-35)50-42(49-39)38-17-11-16-37(25-38)36-15-10-12-33(24-36)27-44-41(48)18-8-5-9-23-43-31(2)47/h4,6-7,10-17,19-22,24-25,30,39-40,42,46H,5,8-9,18,23,26-29H2,1-3H3,(H,43,47)(H,44,48)/t30-,39-,40+,42+/m0/s1. The molecule has 3 N–H and O–H groups in total. The van der Waals surface area contributed by atoms with Crippen LogP contribution in [-0.4, -0.2) is 48.1 Å². The topological polar surface area (TPSA) is 100 Å². The number of likely N-dealkylation sites (N-methyl/N-ethyl adjacent to an activating group) is 1. The molecule has 1 fully saturated rings. The van der Waals surface area contributed by atoms with Crippen molar-refractivity contribution in [2.24, 2.45) is 0 Å². The number of carbonyl (C=O) groups excluding carboxylic acids is 2. The van der Waals surface area contributed by atoms with Crippen molar-refractivity contribution in [2.75, 3.05) is 20.1 Å². The molecule has 50 heavy (non-hydrogen) atoms. The zero-order valence-corrected chi connectivity index (χ0v) is 29.5. The van der Waals surface area contributed by atoms with Gasteiger partial charge < -0.3 is 25.2 Å². The Morgan fingerprint density at radius 2 is 1.56 bits per heavy atom. The maximum atomic E-state index is 12.5. The van der Waals surface area contributed by atoms with Crippen LogP contribution in [0.15, 0.2) is 103 Å². The summed E-state index contributed by atoms with van der Waals surface area (Å²) in [6.07, 6.45) is 2.95. The van der Waals surface area contributed by atoms with Crippen LogP contribution in [0.25, 0.3) is 11.1 Å². The summed E-state index contributed by atoms with van der Waals surface area (Å²) in [7, 11) is 2.14. The maximum Gasteiger partial charge on any atom is 0.220 e. The third kappa shape index (κ3) is 10.8. The van der Waals surface area contributed by atoms with Gasteiger partial charge in [0.05, 0.1) is 18.8 Å². The average Bonchev–Trinajstić information content (AvgIpc) is 3.15. The van der Waals surface area contributed by atoms with Gasteiger partial charge in [-0.05, 0) is 72.3 Å². The molecule has 0 spiro atoms. The van der Waals surface area contributed by atoms with Crippen molar-refractivity contribution < 1.29 is 24.2 Å². The van der Waals surface area contributed by atoms with Crippen LogP contribution in [0.1, 0.15) is 92.2 Å². The molecule has 1 heterocycles. The molecule has 1 aliphatic heterocycles. The van der Waals surface area contributed by atoms with Crippen molar-refractivity contribution >= 4 is 11.8 Å². The normalized spacial score (nSPS) is 18.1. The van der Waals surface area contributed by atoms with Gasteiger partial charge in [0.2, 0.25) is 11.8 Å². The van der Waals surface area contributed by atoms with Crippen LogP contribution in [0.2, 0.25) is 0 Å². The number of aliphatic hydroxyl groups is 1. The molecule has 0 aromatic heterocycles. The summed E-state index contributed by atoms with van der Waals surface area (Å²) in [6, 6.07) is 35.3. The van der Waals surface area contributed by atoms with Crippen LogP contribution >= 0.6 is 0 Å². The largest absolute Gasteiger partial charge is 0.392 e. The highest BCUT2D eigenvalue weighted by Crippen LogP contribution is 2.39. The van der Waals surface area contributed by atoms with E-state index in [1.165, 1.54) is 12.5 Å². The van der Waals surface area contributed by atoms with Crippen molar-refractivity contribution in [1.82, 2.24) is 15.5 Å². The second kappa shape index (κ2) is 18.6. The fraction of sp³-hybridized carbons (Fsp3) is 0.381. The molecule has 1 aliphatic rings. The number of benzene rings is 4. The van der Waals surface area contributed by atoms with Crippen molar-refractivity contribution in [3.8, 4) is 11.1 Å². The van der Waals surface area contributed by atoms with E-state index in [-0.39, 0.29) is 36.7 Å². The van der Waals surface area contributed by atoms with E-state index in [9.17, 15) is 14.7 Å². The SMILES string of the molecule is CC(=O)NCCCCCC(=O)NCc1cccc(-c2cccc([C@@H]3O[C@H](CN(C)[C@@H](C)c4ccccc4)C[C@H](c4ccc(CO)cc4)O3)c2)c1. The first kappa shape index (κ1) is 36.9. The predicted molar refractivity (Wildman–Crippen MR) is 197 cm³/mol. The van der Waals surface area contributed by atoms with Crippen LogP contribution in [0.5, 0.6) is 0 Å². The Morgan fingerprint density at radius 1 is 0.820 bits per heavy atom. The quantitative estimate of drug-likeness (QED) is 0.107. The molecule has 1 saturated heterocycles. The fourth-order valence-electron chi connectivity index (χ4n) is 6.36. The monoisotopic (exact) mass is 677 g/mol. The number of hydrogen-bond acceptors (Lipinski definition) is 6. The van der Waals surface area contributed by atoms with E-state index >= 15 is 0 Å². The minimum Gasteiger partial charge on any atom is -0.392 e. The summed E-state index contributed by atoms with van der Waals surface area (Å²) >= 11 is 0. The Kier molecular flexibility index (Phi) is 13.7. The van der Waals surface area contributed by atoms with Gasteiger partial charge in [-0.2, -0.15) is 0 Å². The highest BCUT2D eigenvalue weighted by atomic mass is 16.7. The van der Waals surface area contributed by atoms with Crippen molar-refractivity contribution in [2.45, 2.75) is 83.6 Å². The molecule has 0 radical (unpaired) electrons. The molecule has 2 amide bonds. The van der Waals surface area contributed by atoms with Crippen LogP contribution in [-0.2, 0) is 32.2 Å². The Balaban J connectivity index is 1.26. The van der Waals surface area contributed by atoms with Crippen molar-refractivity contribution in [3.05, 3.63) is 131 Å². The molecule has 4 aromatic rings. The van der Waals surface area contributed by atoms with E-state index in [4.69, 9.17) is 9.47 Å².